The third-order valence-electron chi connectivity index (χ3n) is 4.05. The van der Waals surface area contributed by atoms with Crippen LogP contribution >= 0.6 is 0 Å². The molecule has 21 heavy (non-hydrogen) atoms. The van der Waals surface area contributed by atoms with Crippen LogP contribution in [0.1, 0.15) is 19.8 Å². The lowest BCUT2D eigenvalue weighted by atomic mass is 10.2. The van der Waals surface area contributed by atoms with Gasteiger partial charge in [0, 0.05) is 25.3 Å². The van der Waals surface area contributed by atoms with Crippen molar-refractivity contribution in [2.75, 3.05) is 31.6 Å². The van der Waals surface area contributed by atoms with Crippen LogP contribution in [0.4, 0.5) is 5.82 Å². The minimum absolute atomic E-state index is 0.244. The van der Waals surface area contributed by atoms with E-state index in [4.69, 9.17) is 4.74 Å². The Balaban J connectivity index is 1.70. The highest BCUT2D eigenvalue weighted by molar-refractivity contribution is 7.89. The fourth-order valence-electron chi connectivity index (χ4n) is 2.50. The molecule has 1 saturated heterocycles. The molecule has 2 fully saturated rings. The fourth-order valence-corrected chi connectivity index (χ4v) is 3.86. The number of hydrogen-bond donors (Lipinski definition) is 1. The molecule has 2 heterocycles. The van der Waals surface area contributed by atoms with Crippen LogP contribution in [0.25, 0.3) is 0 Å². The zero-order chi connectivity index (χ0) is 14.9. The molecule has 0 aromatic carbocycles. The van der Waals surface area contributed by atoms with E-state index in [9.17, 15) is 8.42 Å². The highest BCUT2D eigenvalue weighted by atomic mass is 32.2. The highest BCUT2D eigenvalue weighted by Gasteiger charge is 2.29. The molecule has 0 unspecified atom stereocenters. The molecular weight excluding hydrogens is 290 g/mol. The van der Waals surface area contributed by atoms with Gasteiger partial charge in [0.1, 0.15) is 10.7 Å². The first kappa shape index (κ1) is 14.7. The van der Waals surface area contributed by atoms with Gasteiger partial charge < -0.3 is 10.1 Å². The third kappa shape index (κ3) is 3.36. The number of hydrogen-bond acceptors (Lipinski definition) is 5. The number of rotatable bonds is 5. The molecule has 0 spiro atoms. The standard InChI is InChI=1S/C14H21N3O3S/c1-11(12-2-3-12)16-14-5-4-13(10-15-14)21(18,19)17-6-8-20-9-7-17/h4-5,10-12H,2-3,6-9H2,1H3,(H,15,16)/t11-/m0/s1. The molecule has 1 saturated carbocycles. The van der Waals surface area contributed by atoms with Crippen molar-refractivity contribution in [3.63, 3.8) is 0 Å². The number of morpholine rings is 1. The van der Waals surface area contributed by atoms with E-state index in [1.165, 1.54) is 23.3 Å². The third-order valence-corrected chi connectivity index (χ3v) is 5.93. The van der Waals surface area contributed by atoms with E-state index in [1.807, 2.05) is 0 Å². The predicted molar refractivity (Wildman–Crippen MR) is 79.6 cm³/mol. The van der Waals surface area contributed by atoms with Gasteiger partial charge in [-0.25, -0.2) is 13.4 Å². The Bertz CT molecular complexity index is 578. The van der Waals surface area contributed by atoms with Crippen molar-refractivity contribution >= 4 is 15.8 Å². The fraction of sp³-hybridized carbons (Fsp3) is 0.643. The van der Waals surface area contributed by atoms with Gasteiger partial charge in [-0.05, 0) is 37.8 Å². The Morgan fingerprint density at radius 1 is 1.33 bits per heavy atom. The van der Waals surface area contributed by atoms with Gasteiger partial charge in [-0.3, -0.25) is 0 Å². The van der Waals surface area contributed by atoms with Crippen molar-refractivity contribution in [1.29, 1.82) is 0 Å². The SMILES string of the molecule is C[C@H](Nc1ccc(S(=O)(=O)N2CCOCC2)cn1)C1CC1. The number of sulfonamides is 1. The van der Waals surface area contributed by atoms with Gasteiger partial charge in [-0.15, -0.1) is 0 Å². The molecule has 1 aromatic rings. The number of pyridine rings is 1. The monoisotopic (exact) mass is 311 g/mol. The van der Waals surface area contributed by atoms with Crippen LogP contribution < -0.4 is 5.32 Å². The van der Waals surface area contributed by atoms with Crippen LogP contribution in [0.3, 0.4) is 0 Å². The second-order valence-electron chi connectivity index (χ2n) is 5.67. The number of ether oxygens (including phenoxy) is 1. The first-order chi connectivity index (χ1) is 10.1. The average Bonchev–Trinajstić information content (AvgIpc) is 3.33. The maximum absolute atomic E-state index is 12.4. The van der Waals surface area contributed by atoms with Gasteiger partial charge >= 0.3 is 0 Å². The summed E-state index contributed by atoms with van der Waals surface area (Å²) < 4.78 is 31.5. The highest BCUT2D eigenvalue weighted by Crippen LogP contribution is 2.33. The van der Waals surface area contributed by atoms with Gasteiger partial charge in [0.2, 0.25) is 10.0 Å². The summed E-state index contributed by atoms with van der Waals surface area (Å²) in [7, 11) is -3.45. The molecular formula is C14H21N3O3S. The average molecular weight is 311 g/mol. The maximum atomic E-state index is 12.4. The second-order valence-corrected chi connectivity index (χ2v) is 7.60. The van der Waals surface area contributed by atoms with Gasteiger partial charge in [-0.1, -0.05) is 0 Å². The van der Waals surface area contributed by atoms with Gasteiger partial charge in [0.25, 0.3) is 0 Å². The number of aromatic nitrogens is 1. The Hall–Kier alpha value is -1.18. The molecule has 116 valence electrons. The lowest BCUT2D eigenvalue weighted by Crippen LogP contribution is -2.40. The Morgan fingerprint density at radius 2 is 2.05 bits per heavy atom. The quantitative estimate of drug-likeness (QED) is 0.888. The molecule has 1 aromatic heterocycles. The van der Waals surface area contributed by atoms with Crippen molar-refractivity contribution in [2.45, 2.75) is 30.7 Å². The first-order valence-corrected chi connectivity index (χ1v) is 8.82. The van der Waals surface area contributed by atoms with Crippen LogP contribution in [-0.4, -0.2) is 50.1 Å². The van der Waals surface area contributed by atoms with Crippen molar-refractivity contribution < 1.29 is 13.2 Å². The summed E-state index contributed by atoms with van der Waals surface area (Å²) in [5.41, 5.74) is 0. The van der Waals surface area contributed by atoms with E-state index in [-0.39, 0.29) is 4.90 Å². The first-order valence-electron chi connectivity index (χ1n) is 7.38. The topological polar surface area (TPSA) is 71.5 Å². The van der Waals surface area contributed by atoms with Crippen molar-refractivity contribution in [2.24, 2.45) is 5.92 Å². The van der Waals surface area contributed by atoms with Crippen molar-refractivity contribution in [1.82, 2.24) is 9.29 Å². The summed E-state index contributed by atoms with van der Waals surface area (Å²) >= 11 is 0. The lowest BCUT2D eigenvalue weighted by molar-refractivity contribution is 0.0730. The second kappa shape index (κ2) is 5.90. The van der Waals surface area contributed by atoms with Gasteiger partial charge in [0.15, 0.2) is 0 Å². The molecule has 1 aliphatic carbocycles. The molecule has 1 atom stereocenters. The van der Waals surface area contributed by atoms with E-state index in [0.717, 1.165) is 11.7 Å². The van der Waals surface area contributed by atoms with Gasteiger partial charge in [-0.2, -0.15) is 4.31 Å². The van der Waals surface area contributed by atoms with Gasteiger partial charge in [0.05, 0.1) is 13.2 Å². The van der Waals surface area contributed by atoms with E-state index < -0.39 is 10.0 Å². The minimum Gasteiger partial charge on any atom is -0.379 e. The smallest absolute Gasteiger partial charge is 0.244 e. The summed E-state index contributed by atoms with van der Waals surface area (Å²) in [5, 5.41) is 3.32. The van der Waals surface area contributed by atoms with Crippen LogP contribution in [0, 0.1) is 5.92 Å². The Labute approximate surface area is 125 Å². The summed E-state index contributed by atoms with van der Waals surface area (Å²) in [6.07, 6.45) is 3.96. The van der Waals surface area contributed by atoms with E-state index in [2.05, 4.69) is 17.2 Å². The van der Waals surface area contributed by atoms with E-state index in [0.29, 0.717) is 32.3 Å². The van der Waals surface area contributed by atoms with Crippen LogP contribution in [0.5, 0.6) is 0 Å². The Morgan fingerprint density at radius 3 is 2.62 bits per heavy atom. The molecule has 1 aliphatic heterocycles. The van der Waals surface area contributed by atoms with Crippen LogP contribution in [0.2, 0.25) is 0 Å². The number of nitrogens with one attached hydrogen (secondary N) is 1. The summed E-state index contributed by atoms with van der Waals surface area (Å²) in [6.45, 7) is 3.84. The summed E-state index contributed by atoms with van der Waals surface area (Å²) in [4.78, 5) is 4.49. The molecule has 0 bridgehead atoms. The maximum Gasteiger partial charge on any atom is 0.244 e. The molecule has 3 rings (SSSR count). The molecule has 6 nitrogen and oxygen atoms in total. The lowest BCUT2D eigenvalue weighted by Gasteiger charge is -2.26. The Kier molecular flexibility index (Phi) is 4.14. The van der Waals surface area contributed by atoms with E-state index in [1.54, 1.807) is 12.1 Å². The number of anilines is 1. The summed E-state index contributed by atoms with van der Waals surface area (Å²) in [5.74, 6) is 1.46. The molecule has 2 aliphatic rings. The zero-order valence-corrected chi connectivity index (χ0v) is 13.0. The molecule has 0 amide bonds. The predicted octanol–water partition coefficient (Wildman–Crippen LogP) is 1.31. The molecule has 7 heteroatoms. The van der Waals surface area contributed by atoms with Crippen molar-refractivity contribution in [3.8, 4) is 0 Å². The summed E-state index contributed by atoms with van der Waals surface area (Å²) in [6, 6.07) is 3.76. The van der Waals surface area contributed by atoms with Crippen molar-refractivity contribution in [3.05, 3.63) is 18.3 Å². The number of nitrogens with zero attached hydrogens (tertiary/aromatic N) is 2. The molecule has 1 N–H and O–H groups in total. The zero-order valence-electron chi connectivity index (χ0n) is 12.2. The van der Waals surface area contributed by atoms with Crippen LogP contribution in [0.15, 0.2) is 23.2 Å². The normalized spacial score (nSPS) is 22.0. The largest absolute Gasteiger partial charge is 0.379 e. The van der Waals surface area contributed by atoms with E-state index >= 15 is 0 Å². The molecule has 0 radical (unpaired) electrons. The minimum atomic E-state index is -3.45. The van der Waals surface area contributed by atoms with Crippen LogP contribution in [-0.2, 0) is 14.8 Å².